The van der Waals surface area contributed by atoms with Crippen LogP contribution in [0.4, 0.5) is 30.5 Å². The first-order chi connectivity index (χ1) is 9.02. The maximum absolute atomic E-state index is 13.5. The normalized spacial score (nSPS) is 10.4. The van der Waals surface area contributed by atoms with E-state index in [4.69, 9.17) is 0 Å². The highest BCUT2D eigenvalue weighted by atomic mass is 19.2. The van der Waals surface area contributed by atoms with Gasteiger partial charge in [-0.2, -0.15) is 0 Å². The number of hydrogen-bond acceptors (Lipinski definition) is 4. The highest BCUT2D eigenvalue weighted by Gasteiger charge is 2.12. The van der Waals surface area contributed by atoms with Gasteiger partial charge in [0.1, 0.15) is 23.8 Å². The molecular formula is C12H11F3N4. The summed E-state index contributed by atoms with van der Waals surface area (Å²) in [5.41, 5.74) is 0.442. The van der Waals surface area contributed by atoms with Crippen LogP contribution < -0.4 is 10.6 Å². The van der Waals surface area contributed by atoms with Crippen molar-refractivity contribution in [2.24, 2.45) is 0 Å². The fraction of sp³-hybridized carbons (Fsp3) is 0.167. The molecular weight excluding hydrogens is 257 g/mol. The molecule has 0 aliphatic rings. The van der Waals surface area contributed by atoms with Crippen LogP contribution in [0.15, 0.2) is 18.5 Å². The number of hydrogen-bond donors (Lipinski definition) is 2. The maximum atomic E-state index is 13.5. The van der Waals surface area contributed by atoms with Crippen LogP contribution >= 0.6 is 0 Å². The van der Waals surface area contributed by atoms with E-state index in [9.17, 15) is 13.2 Å². The number of aromatic nitrogens is 2. The SMILES string of the molecule is CNc1ncnc(Nc2cc(F)c(F)cc2F)c1C. The monoisotopic (exact) mass is 268 g/mol. The van der Waals surface area contributed by atoms with Crippen molar-refractivity contribution in [1.82, 2.24) is 9.97 Å². The third-order valence-electron chi connectivity index (χ3n) is 2.58. The van der Waals surface area contributed by atoms with Crippen molar-refractivity contribution in [1.29, 1.82) is 0 Å². The Morgan fingerprint density at radius 2 is 1.58 bits per heavy atom. The van der Waals surface area contributed by atoms with Crippen molar-refractivity contribution in [3.05, 3.63) is 41.5 Å². The second-order valence-electron chi connectivity index (χ2n) is 3.82. The lowest BCUT2D eigenvalue weighted by Gasteiger charge is -2.11. The molecule has 0 amide bonds. The molecule has 0 saturated heterocycles. The molecule has 4 nitrogen and oxygen atoms in total. The van der Waals surface area contributed by atoms with Crippen LogP contribution in [0.3, 0.4) is 0 Å². The summed E-state index contributed by atoms with van der Waals surface area (Å²) in [6.07, 6.45) is 1.28. The van der Waals surface area contributed by atoms with Crippen LogP contribution in [0.5, 0.6) is 0 Å². The molecule has 2 rings (SSSR count). The zero-order valence-electron chi connectivity index (χ0n) is 10.3. The summed E-state index contributed by atoms with van der Waals surface area (Å²) in [5, 5.41) is 5.45. The average Bonchev–Trinajstić information content (AvgIpc) is 2.38. The summed E-state index contributed by atoms with van der Waals surface area (Å²) in [4.78, 5) is 7.89. The molecule has 1 heterocycles. The quantitative estimate of drug-likeness (QED) is 0.840. The predicted molar refractivity (Wildman–Crippen MR) is 65.9 cm³/mol. The Bertz CT molecular complexity index is 616. The smallest absolute Gasteiger partial charge is 0.161 e. The lowest BCUT2D eigenvalue weighted by Crippen LogP contribution is -2.04. The molecule has 0 aliphatic heterocycles. The largest absolute Gasteiger partial charge is 0.373 e. The molecule has 0 unspecified atom stereocenters. The third-order valence-corrected chi connectivity index (χ3v) is 2.58. The van der Waals surface area contributed by atoms with Crippen LogP contribution in [-0.4, -0.2) is 17.0 Å². The van der Waals surface area contributed by atoms with Gasteiger partial charge < -0.3 is 10.6 Å². The van der Waals surface area contributed by atoms with E-state index in [-0.39, 0.29) is 5.69 Å². The molecule has 2 aromatic rings. The lowest BCUT2D eigenvalue weighted by atomic mass is 10.2. The number of benzene rings is 1. The molecule has 1 aromatic heterocycles. The van der Waals surface area contributed by atoms with E-state index in [1.54, 1.807) is 14.0 Å². The molecule has 7 heteroatoms. The highest BCUT2D eigenvalue weighted by molar-refractivity contribution is 5.64. The van der Waals surface area contributed by atoms with Crippen molar-refractivity contribution < 1.29 is 13.2 Å². The Hall–Kier alpha value is -2.31. The first kappa shape index (κ1) is 13.1. The Labute approximate surface area is 107 Å². The van der Waals surface area contributed by atoms with E-state index in [1.165, 1.54) is 6.33 Å². The minimum atomic E-state index is -1.24. The molecule has 0 fully saturated rings. The van der Waals surface area contributed by atoms with Gasteiger partial charge in [0.05, 0.1) is 5.69 Å². The summed E-state index contributed by atoms with van der Waals surface area (Å²) in [6.45, 7) is 1.71. The van der Waals surface area contributed by atoms with E-state index < -0.39 is 17.5 Å². The van der Waals surface area contributed by atoms with Crippen LogP contribution in [0.1, 0.15) is 5.56 Å². The van der Waals surface area contributed by atoms with Crippen molar-refractivity contribution in [3.63, 3.8) is 0 Å². The second kappa shape index (κ2) is 5.13. The minimum Gasteiger partial charge on any atom is -0.373 e. The lowest BCUT2D eigenvalue weighted by molar-refractivity contribution is 0.496. The molecule has 0 saturated carbocycles. The van der Waals surface area contributed by atoms with Gasteiger partial charge in [0.15, 0.2) is 11.6 Å². The Morgan fingerprint density at radius 3 is 2.26 bits per heavy atom. The third kappa shape index (κ3) is 2.59. The minimum absolute atomic E-state index is 0.192. The van der Waals surface area contributed by atoms with E-state index in [1.807, 2.05) is 0 Å². The number of rotatable bonds is 3. The van der Waals surface area contributed by atoms with E-state index in [0.29, 0.717) is 23.3 Å². The molecule has 0 radical (unpaired) electrons. The topological polar surface area (TPSA) is 49.8 Å². The van der Waals surface area contributed by atoms with Crippen LogP contribution in [-0.2, 0) is 0 Å². The van der Waals surface area contributed by atoms with E-state index in [0.717, 1.165) is 6.07 Å². The van der Waals surface area contributed by atoms with Crippen LogP contribution in [0.2, 0.25) is 0 Å². The molecule has 0 aliphatic carbocycles. The zero-order valence-corrected chi connectivity index (χ0v) is 10.3. The molecule has 0 spiro atoms. The Morgan fingerprint density at radius 1 is 0.947 bits per heavy atom. The van der Waals surface area contributed by atoms with Gasteiger partial charge in [0, 0.05) is 24.7 Å². The van der Waals surface area contributed by atoms with Crippen molar-refractivity contribution >= 4 is 17.3 Å². The standard InChI is InChI=1S/C12H11F3N4/c1-6-11(16-2)17-5-18-12(6)19-10-4-8(14)7(13)3-9(10)15/h3-5H,1-2H3,(H2,16,17,18,19). The van der Waals surface area contributed by atoms with Gasteiger partial charge in [0.25, 0.3) is 0 Å². The summed E-state index contributed by atoms with van der Waals surface area (Å²) in [5.74, 6) is -2.41. The summed E-state index contributed by atoms with van der Waals surface area (Å²) >= 11 is 0. The van der Waals surface area contributed by atoms with Crippen LogP contribution in [0.25, 0.3) is 0 Å². The Balaban J connectivity index is 2.39. The van der Waals surface area contributed by atoms with E-state index >= 15 is 0 Å². The molecule has 2 N–H and O–H groups in total. The first-order valence-corrected chi connectivity index (χ1v) is 5.44. The molecule has 100 valence electrons. The number of halogens is 3. The van der Waals surface area contributed by atoms with Gasteiger partial charge in [-0.15, -0.1) is 0 Å². The Kier molecular flexibility index (Phi) is 3.55. The van der Waals surface area contributed by atoms with Crippen molar-refractivity contribution in [2.75, 3.05) is 17.7 Å². The van der Waals surface area contributed by atoms with Gasteiger partial charge in [-0.25, -0.2) is 23.1 Å². The molecule has 19 heavy (non-hydrogen) atoms. The van der Waals surface area contributed by atoms with Crippen LogP contribution in [0, 0.1) is 24.4 Å². The van der Waals surface area contributed by atoms with Gasteiger partial charge >= 0.3 is 0 Å². The summed E-state index contributed by atoms with van der Waals surface area (Å²) in [6, 6.07) is 1.22. The average molecular weight is 268 g/mol. The van der Waals surface area contributed by atoms with Gasteiger partial charge in [0.2, 0.25) is 0 Å². The van der Waals surface area contributed by atoms with Gasteiger partial charge in [-0.1, -0.05) is 0 Å². The maximum Gasteiger partial charge on any atom is 0.161 e. The number of nitrogens with zero attached hydrogens (tertiary/aromatic N) is 2. The van der Waals surface area contributed by atoms with Crippen molar-refractivity contribution in [2.45, 2.75) is 6.92 Å². The predicted octanol–water partition coefficient (Wildman–Crippen LogP) is 2.99. The van der Waals surface area contributed by atoms with Gasteiger partial charge in [-0.3, -0.25) is 0 Å². The molecule has 1 aromatic carbocycles. The number of nitrogens with one attached hydrogen (secondary N) is 2. The molecule has 0 bridgehead atoms. The summed E-state index contributed by atoms with van der Waals surface area (Å²) in [7, 11) is 1.68. The fourth-order valence-corrected chi connectivity index (χ4v) is 1.57. The van der Waals surface area contributed by atoms with E-state index in [2.05, 4.69) is 20.6 Å². The van der Waals surface area contributed by atoms with Gasteiger partial charge in [-0.05, 0) is 6.92 Å². The zero-order chi connectivity index (χ0) is 14.0. The second-order valence-corrected chi connectivity index (χ2v) is 3.82. The highest BCUT2D eigenvalue weighted by Crippen LogP contribution is 2.25. The fourth-order valence-electron chi connectivity index (χ4n) is 1.57. The first-order valence-electron chi connectivity index (χ1n) is 5.44. The van der Waals surface area contributed by atoms with Crippen molar-refractivity contribution in [3.8, 4) is 0 Å². The molecule has 0 atom stereocenters. The number of anilines is 3. The summed E-state index contributed by atoms with van der Waals surface area (Å²) < 4.78 is 39.4.